The molecule has 1 aromatic rings. The fraction of sp³-hybridized carbons (Fsp3) is 0.588. The number of unbranched alkanes of at least 4 members (excludes halogenated alkanes) is 2. The Kier molecular flexibility index (Phi) is 9.49. The third-order valence-electron chi connectivity index (χ3n) is 2.91. The van der Waals surface area contributed by atoms with E-state index in [1.807, 2.05) is 18.2 Å². The van der Waals surface area contributed by atoms with E-state index in [1.54, 1.807) is 12.1 Å². The highest BCUT2D eigenvalue weighted by Crippen LogP contribution is 2.12. The van der Waals surface area contributed by atoms with Gasteiger partial charge in [-0.15, -0.1) is 0 Å². The van der Waals surface area contributed by atoms with Gasteiger partial charge >= 0.3 is 5.97 Å². The first-order chi connectivity index (χ1) is 10.3. The molecule has 0 unspecified atom stereocenters. The molecule has 0 saturated heterocycles. The van der Waals surface area contributed by atoms with Crippen molar-refractivity contribution in [2.45, 2.75) is 52.2 Å². The van der Waals surface area contributed by atoms with Gasteiger partial charge in [-0.1, -0.05) is 44.9 Å². The van der Waals surface area contributed by atoms with Gasteiger partial charge in [-0.05, 0) is 25.0 Å². The largest absolute Gasteiger partial charge is 0.426 e. The Morgan fingerprint density at radius 3 is 2.10 bits per heavy atom. The SMILES string of the molecule is CCCCOC(CC(=O)Oc1ccccc1)OCCCC. The van der Waals surface area contributed by atoms with Crippen molar-refractivity contribution < 1.29 is 19.0 Å². The Hall–Kier alpha value is -1.39. The van der Waals surface area contributed by atoms with Gasteiger partial charge in [0.05, 0.1) is 6.42 Å². The van der Waals surface area contributed by atoms with Crippen molar-refractivity contribution in [2.75, 3.05) is 13.2 Å². The first kappa shape index (κ1) is 17.7. The number of hydrogen-bond donors (Lipinski definition) is 0. The molecule has 0 aromatic heterocycles. The number of carbonyl (C=O) groups is 1. The summed E-state index contributed by atoms with van der Waals surface area (Å²) < 4.78 is 16.5. The standard InChI is InChI=1S/C17H26O4/c1-3-5-12-19-17(20-13-6-4-2)14-16(18)21-15-10-8-7-9-11-15/h7-11,17H,3-6,12-14H2,1-2H3. The number of esters is 1. The fourth-order valence-electron chi connectivity index (χ4n) is 1.68. The van der Waals surface area contributed by atoms with Crippen molar-refractivity contribution in [3.63, 3.8) is 0 Å². The molecule has 0 atom stereocenters. The Morgan fingerprint density at radius 1 is 1.00 bits per heavy atom. The maximum Gasteiger partial charge on any atom is 0.316 e. The second kappa shape index (κ2) is 11.3. The molecule has 1 aromatic carbocycles. The molecule has 0 radical (unpaired) electrons. The van der Waals surface area contributed by atoms with Crippen molar-refractivity contribution in [2.24, 2.45) is 0 Å². The highest BCUT2D eigenvalue weighted by Gasteiger charge is 2.16. The summed E-state index contributed by atoms with van der Waals surface area (Å²) in [7, 11) is 0. The lowest BCUT2D eigenvalue weighted by Crippen LogP contribution is -2.25. The Morgan fingerprint density at radius 2 is 1.57 bits per heavy atom. The third-order valence-corrected chi connectivity index (χ3v) is 2.91. The zero-order valence-electron chi connectivity index (χ0n) is 13.0. The Balaban J connectivity index is 2.39. The van der Waals surface area contributed by atoms with Crippen LogP contribution in [0.1, 0.15) is 46.0 Å². The van der Waals surface area contributed by atoms with Crippen LogP contribution in [0.15, 0.2) is 30.3 Å². The third kappa shape index (κ3) is 8.48. The normalized spacial score (nSPS) is 10.8. The van der Waals surface area contributed by atoms with Crippen LogP contribution in [0, 0.1) is 0 Å². The predicted octanol–water partition coefficient (Wildman–Crippen LogP) is 3.94. The lowest BCUT2D eigenvalue weighted by molar-refractivity contribution is -0.165. The van der Waals surface area contributed by atoms with Gasteiger partial charge in [-0.3, -0.25) is 4.79 Å². The minimum absolute atomic E-state index is 0.113. The summed E-state index contributed by atoms with van der Waals surface area (Å²) >= 11 is 0. The van der Waals surface area contributed by atoms with Crippen LogP contribution in [-0.4, -0.2) is 25.5 Å². The van der Waals surface area contributed by atoms with E-state index in [9.17, 15) is 4.79 Å². The summed E-state index contributed by atoms with van der Waals surface area (Å²) in [6.45, 7) is 5.40. The van der Waals surface area contributed by atoms with Crippen LogP contribution in [0.3, 0.4) is 0 Å². The molecule has 0 bridgehead atoms. The number of hydrogen-bond acceptors (Lipinski definition) is 4. The Labute approximate surface area is 127 Å². The molecule has 1 rings (SSSR count). The van der Waals surface area contributed by atoms with Crippen molar-refractivity contribution in [1.29, 1.82) is 0 Å². The lowest BCUT2D eigenvalue weighted by atomic mass is 10.3. The van der Waals surface area contributed by atoms with E-state index in [4.69, 9.17) is 14.2 Å². The van der Waals surface area contributed by atoms with Crippen molar-refractivity contribution in [3.05, 3.63) is 30.3 Å². The van der Waals surface area contributed by atoms with Gasteiger partial charge in [0.1, 0.15) is 5.75 Å². The maximum absolute atomic E-state index is 11.9. The second-order valence-corrected chi connectivity index (χ2v) is 4.87. The van der Waals surface area contributed by atoms with Crippen LogP contribution in [0.25, 0.3) is 0 Å². The molecule has 118 valence electrons. The van der Waals surface area contributed by atoms with Gasteiger partial charge < -0.3 is 14.2 Å². The number of para-hydroxylation sites is 1. The van der Waals surface area contributed by atoms with Crippen molar-refractivity contribution in [1.82, 2.24) is 0 Å². The summed E-state index contributed by atoms with van der Waals surface area (Å²) in [6.07, 6.45) is 3.62. The smallest absolute Gasteiger partial charge is 0.316 e. The summed E-state index contributed by atoms with van der Waals surface area (Å²) in [5.41, 5.74) is 0. The number of carbonyl (C=O) groups excluding carboxylic acids is 1. The zero-order chi connectivity index (χ0) is 15.3. The average Bonchev–Trinajstić information content (AvgIpc) is 2.48. The van der Waals surface area contributed by atoms with E-state index in [-0.39, 0.29) is 12.4 Å². The van der Waals surface area contributed by atoms with Gasteiger partial charge in [0.25, 0.3) is 0 Å². The van der Waals surface area contributed by atoms with E-state index in [2.05, 4.69) is 13.8 Å². The molecule has 0 aliphatic heterocycles. The van der Waals surface area contributed by atoms with Crippen LogP contribution in [0.4, 0.5) is 0 Å². The average molecular weight is 294 g/mol. The van der Waals surface area contributed by atoms with Gasteiger partial charge in [0.15, 0.2) is 6.29 Å². The van der Waals surface area contributed by atoms with E-state index >= 15 is 0 Å². The number of rotatable bonds is 11. The molecule has 0 N–H and O–H groups in total. The quantitative estimate of drug-likeness (QED) is 0.268. The van der Waals surface area contributed by atoms with Crippen LogP contribution < -0.4 is 4.74 Å². The van der Waals surface area contributed by atoms with E-state index in [0.29, 0.717) is 19.0 Å². The minimum Gasteiger partial charge on any atom is -0.426 e. The predicted molar refractivity (Wildman–Crippen MR) is 82.2 cm³/mol. The molecule has 0 heterocycles. The first-order valence-corrected chi connectivity index (χ1v) is 7.75. The molecule has 0 spiro atoms. The summed E-state index contributed by atoms with van der Waals surface area (Å²) in [4.78, 5) is 11.9. The molecule has 21 heavy (non-hydrogen) atoms. The van der Waals surface area contributed by atoms with Gasteiger partial charge in [-0.25, -0.2) is 0 Å². The van der Waals surface area contributed by atoms with Crippen molar-refractivity contribution in [3.8, 4) is 5.75 Å². The van der Waals surface area contributed by atoms with E-state index in [1.165, 1.54) is 0 Å². The molecular weight excluding hydrogens is 268 g/mol. The molecule has 4 heteroatoms. The topological polar surface area (TPSA) is 44.8 Å². The number of ether oxygens (including phenoxy) is 3. The molecule has 0 saturated carbocycles. The fourth-order valence-corrected chi connectivity index (χ4v) is 1.68. The van der Waals surface area contributed by atoms with E-state index in [0.717, 1.165) is 25.7 Å². The summed E-state index contributed by atoms with van der Waals surface area (Å²) in [6, 6.07) is 9.04. The molecular formula is C17H26O4. The van der Waals surface area contributed by atoms with E-state index < -0.39 is 6.29 Å². The molecule has 0 aliphatic rings. The van der Waals surface area contributed by atoms with Crippen LogP contribution in [0.5, 0.6) is 5.75 Å². The highest BCUT2D eigenvalue weighted by molar-refractivity contribution is 5.72. The zero-order valence-corrected chi connectivity index (χ0v) is 13.0. The molecule has 4 nitrogen and oxygen atoms in total. The lowest BCUT2D eigenvalue weighted by Gasteiger charge is -2.17. The van der Waals surface area contributed by atoms with Gasteiger partial charge in [-0.2, -0.15) is 0 Å². The minimum atomic E-state index is -0.515. The number of benzene rings is 1. The highest BCUT2D eigenvalue weighted by atomic mass is 16.7. The monoisotopic (exact) mass is 294 g/mol. The second-order valence-electron chi connectivity index (χ2n) is 4.87. The van der Waals surface area contributed by atoms with Crippen molar-refractivity contribution >= 4 is 5.97 Å². The molecule has 0 amide bonds. The van der Waals surface area contributed by atoms with Gasteiger partial charge in [0.2, 0.25) is 0 Å². The first-order valence-electron chi connectivity index (χ1n) is 7.75. The van der Waals surface area contributed by atoms with Crippen LogP contribution in [-0.2, 0) is 14.3 Å². The maximum atomic E-state index is 11.9. The van der Waals surface area contributed by atoms with Crippen LogP contribution >= 0.6 is 0 Å². The molecule has 0 fully saturated rings. The van der Waals surface area contributed by atoms with Gasteiger partial charge in [0, 0.05) is 13.2 Å². The van der Waals surface area contributed by atoms with Crippen LogP contribution in [0.2, 0.25) is 0 Å². The molecule has 0 aliphatic carbocycles. The summed E-state index contributed by atoms with van der Waals surface area (Å²) in [5.74, 6) is 0.211. The summed E-state index contributed by atoms with van der Waals surface area (Å²) in [5, 5.41) is 0. The Bertz CT molecular complexity index is 368.